The molecule has 1 spiro atoms. The first-order valence-electron chi connectivity index (χ1n) is 9.88. The minimum Gasteiger partial charge on any atom is -0.493 e. The highest BCUT2D eigenvalue weighted by molar-refractivity contribution is 5.43. The standard InChI is InChI=1S/C22H29N3O2/c1-26-21-14-19(2-3-20(21)27-16-18-4-9-23-10-5-18)15-25-13-8-22(17-25)6-11-24-12-7-22/h2-5,9-10,14,24H,6-8,11-13,15-17H2,1H3. The van der Waals surface area contributed by atoms with Crippen LogP contribution in [0, 0.1) is 5.41 Å². The maximum atomic E-state index is 5.96. The highest BCUT2D eigenvalue weighted by Gasteiger charge is 2.38. The molecule has 1 aromatic carbocycles. The summed E-state index contributed by atoms with van der Waals surface area (Å²) >= 11 is 0. The number of hydrogen-bond acceptors (Lipinski definition) is 5. The number of piperidine rings is 1. The molecule has 0 unspecified atom stereocenters. The Morgan fingerprint density at radius 2 is 1.85 bits per heavy atom. The van der Waals surface area contributed by atoms with Crippen LogP contribution >= 0.6 is 0 Å². The highest BCUT2D eigenvalue weighted by Crippen LogP contribution is 2.39. The van der Waals surface area contributed by atoms with Gasteiger partial charge in [-0.2, -0.15) is 0 Å². The largest absolute Gasteiger partial charge is 0.493 e. The predicted octanol–water partition coefficient (Wildman–Crippen LogP) is 3.24. The number of rotatable bonds is 6. The molecule has 0 atom stereocenters. The number of benzene rings is 1. The summed E-state index contributed by atoms with van der Waals surface area (Å²) in [6.07, 6.45) is 7.52. The monoisotopic (exact) mass is 367 g/mol. The van der Waals surface area contributed by atoms with Crippen molar-refractivity contribution in [3.05, 3.63) is 53.9 Å². The molecule has 2 aliphatic heterocycles. The Labute approximate surface area is 161 Å². The third kappa shape index (κ3) is 4.42. The number of likely N-dealkylation sites (tertiary alicyclic amines) is 1. The Morgan fingerprint density at radius 1 is 1.04 bits per heavy atom. The molecule has 2 fully saturated rings. The fourth-order valence-electron chi connectivity index (χ4n) is 4.36. The van der Waals surface area contributed by atoms with Crippen molar-refractivity contribution in [2.24, 2.45) is 5.41 Å². The molecule has 0 saturated carbocycles. The van der Waals surface area contributed by atoms with Gasteiger partial charge in [0.2, 0.25) is 0 Å². The molecule has 2 saturated heterocycles. The number of nitrogens with zero attached hydrogens (tertiary/aromatic N) is 2. The van der Waals surface area contributed by atoms with Crippen molar-refractivity contribution in [1.29, 1.82) is 0 Å². The fraction of sp³-hybridized carbons (Fsp3) is 0.500. The summed E-state index contributed by atoms with van der Waals surface area (Å²) in [5.74, 6) is 1.59. The topological polar surface area (TPSA) is 46.6 Å². The molecule has 0 radical (unpaired) electrons. The first-order valence-corrected chi connectivity index (χ1v) is 9.88. The molecule has 0 bridgehead atoms. The maximum Gasteiger partial charge on any atom is 0.161 e. The Balaban J connectivity index is 1.38. The summed E-state index contributed by atoms with van der Waals surface area (Å²) in [6, 6.07) is 10.2. The Bertz CT molecular complexity index is 744. The maximum absolute atomic E-state index is 5.96. The van der Waals surface area contributed by atoms with Crippen molar-refractivity contribution in [2.75, 3.05) is 33.3 Å². The molecular weight excluding hydrogens is 338 g/mol. The number of aromatic nitrogens is 1. The van der Waals surface area contributed by atoms with Crippen LogP contribution in [0.4, 0.5) is 0 Å². The molecule has 3 heterocycles. The number of pyridine rings is 1. The van der Waals surface area contributed by atoms with Gasteiger partial charge in [0.1, 0.15) is 6.61 Å². The lowest BCUT2D eigenvalue weighted by atomic mass is 9.78. The van der Waals surface area contributed by atoms with Crippen LogP contribution < -0.4 is 14.8 Å². The van der Waals surface area contributed by atoms with Crippen LogP contribution in [0.3, 0.4) is 0 Å². The molecule has 144 valence electrons. The van der Waals surface area contributed by atoms with Crippen LogP contribution in [0.1, 0.15) is 30.4 Å². The van der Waals surface area contributed by atoms with Gasteiger partial charge >= 0.3 is 0 Å². The third-order valence-corrected chi connectivity index (χ3v) is 5.96. The number of methoxy groups -OCH3 is 1. The van der Waals surface area contributed by atoms with Gasteiger partial charge in [0.05, 0.1) is 7.11 Å². The van der Waals surface area contributed by atoms with E-state index in [0.29, 0.717) is 12.0 Å². The summed E-state index contributed by atoms with van der Waals surface area (Å²) in [4.78, 5) is 6.63. The summed E-state index contributed by atoms with van der Waals surface area (Å²) < 4.78 is 11.5. The van der Waals surface area contributed by atoms with Gasteiger partial charge < -0.3 is 14.8 Å². The zero-order chi connectivity index (χ0) is 18.5. The van der Waals surface area contributed by atoms with Crippen molar-refractivity contribution in [3.8, 4) is 11.5 Å². The number of nitrogens with one attached hydrogen (secondary N) is 1. The smallest absolute Gasteiger partial charge is 0.161 e. The first-order chi connectivity index (χ1) is 13.3. The molecule has 27 heavy (non-hydrogen) atoms. The molecule has 1 N–H and O–H groups in total. The normalized spacial score (nSPS) is 19.3. The van der Waals surface area contributed by atoms with E-state index >= 15 is 0 Å². The van der Waals surface area contributed by atoms with Crippen molar-refractivity contribution in [2.45, 2.75) is 32.4 Å². The molecule has 5 nitrogen and oxygen atoms in total. The summed E-state index contributed by atoms with van der Waals surface area (Å²) in [6.45, 7) is 6.26. The van der Waals surface area contributed by atoms with Gasteiger partial charge in [-0.05, 0) is 79.7 Å². The lowest BCUT2D eigenvalue weighted by Gasteiger charge is -2.34. The second kappa shape index (κ2) is 8.28. The molecular formula is C22H29N3O2. The molecule has 1 aromatic heterocycles. The van der Waals surface area contributed by atoms with E-state index in [1.807, 2.05) is 18.2 Å². The minimum atomic E-state index is 0.515. The van der Waals surface area contributed by atoms with Crippen molar-refractivity contribution in [3.63, 3.8) is 0 Å². The van der Waals surface area contributed by atoms with Crippen LogP contribution in [0.2, 0.25) is 0 Å². The van der Waals surface area contributed by atoms with E-state index in [0.717, 1.165) is 23.6 Å². The van der Waals surface area contributed by atoms with E-state index in [1.165, 1.54) is 51.0 Å². The van der Waals surface area contributed by atoms with Crippen LogP contribution in [-0.2, 0) is 13.2 Å². The predicted molar refractivity (Wildman–Crippen MR) is 106 cm³/mol. The molecule has 0 amide bonds. The van der Waals surface area contributed by atoms with Crippen molar-refractivity contribution >= 4 is 0 Å². The first kappa shape index (κ1) is 18.3. The van der Waals surface area contributed by atoms with Crippen LogP contribution in [0.15, 0.2) is 42.7 Å². The summed E-state index contributed by atoms with van der Waals surface area (Å²) in [5, 5.41) is 3.49. The quantitative estimate of drug-likeness (QED) is 0.849. The van der Waals surface area contributed by atoms with Crippen molar-refractivity contribution < 1.29 is 9.47 Å². The van der Waals surface area contributed by atoms with E-state index in [4.69, 9.17) is 9.47 Å². The van der Waals surface area contributed by atoms with E-state index < -0.39 is 0 Å². The molecule has 4 rings (SSSR count). The summed E-state index contributed by atoms with van der Waals surface area (Å²) in [7, 11) is 1.71. The molecule has 0 aliphatic carbocycles. The van der Waals surface area contributed by atoms with Crippen LogP contribution in [0.25, 0.3) is 0 Å². The average Bonchev–Trinajstić information content (AvgIpc) is 3.09. The lowest BCUT2D eigenvalue weighted by molar-refractivity contribution is 0.194. The second-order valence-electron chi connectivity index (χ2n) is 7.84. The zero-order valence-corrected chi connectivity index (χ0v) is 16.1. The summed E-state index contributed by atoms with van der Waals surface area (Å²) in [5.41, 5.74) is 2.93. The van der Waals surface area contributed by atoms with Gasteiger partial charge in [-0.3, -0.25) is 9.88 Å². The van der Waals surface area contributed by atoms with E-state index in [9.17, 15) is 0 Å². The van der Waals surface area contributed by atoms with Crippen molar-refractivity contribution in [1.82, 2.24) is 15.2 Å². The molecule has 2 aliphatic rings. The van der Waals surface area contributed by atoms with Gasteiger partial charge in [-0.25, -0.2) is 0 Å². The van der Waals surface area contributed by atoms with Gasteiger partial charge in [0.25, 0.3) is 0 Å². The second-order valence-corrected chi connectivity index (χ2v) is 7.84. The highest BCUT2D eigenvalue weighted by atomic mass is 16.5. The SMILES string of the molecule is COc1cc(CN2CCC3(CCNCC3)C2)ccc1OCc1ccncc1. The lowest BCUT2D eigenvalue weighted by Crippen LogP contribution is -2.38. The molecule has 5 heteroatoms. The third-order valence-electron chi connectivity index (χ3n) is 5.96. The average molecular weight is 367 g/mol. The Hall–Kier alpha value is -2.11. The minimum absolute atomic E-state index is 0.515. The van der Waals surface area contributed by atoms with Gasteiger partial charge in [-0.1, -0.05) is 6.07 Å². The number of ether oxygens (including phenoxy) is 2. The van der Waals surface area contributed by atoms with Crippen LogP contribution in [-0.4, -0.2) is 43.2 Å². The molecule has 2 aromatic rings. The van der Waals surface area contributed by atoms with E-state index in [1.54, 1.807) is 19.5 Å². The van der Waals surface area contributed by atoms with E-state index in [2.05, 4.69) is 27.3 Å². The van der Waals surface area contributed by atoms with Gasteiger partial charge in [-0.15, -0.1) is 0 Å². The van der Waals surface area contributed by atoms with Crippen LogP contribution in [0.5, 0.6) is 11.5 Å². The fourth-order valence-corrected chi connectivity index (χ4v) is 4.36. The van der Waals surface area contributed by atoms with E-state index in [-0.39, 0.29) is 0 Å². The zero-order valence-electron chi connectivity index (χ0n) is 16.1. The van der Waals surface area contributed by atoms with Gasteiger partial charge in [0, 0.05) is 25.5 Å². The number of hydrogen-bond donors (Lipinski definition) is 1. The Morgan fingerprint density at radius 3 is 2.63 bits per heavy atom. The Kier molecular flexibility index (Phi) is 5.60. The van der Waals surface area contributed by atoms with Gasteiger partial charge in [0.15, 0.2) is 11.5 Å².